The summed E-state index contributed by atoms with van der Waals surface area (Å²) in [5.74, 6) is -1.05. The molecule has 0 aliphatic carbocycles. The highest BCUT2D eigenvalue weighted by atomic mass is 16.7. The summed E-state index contributed by atoms with van der Waals surface area (Å²) in [6.07, 6.45) is 1.83. The zero-order valence-electron chi connectivity index (χ0n) is 15.8. The average Bonchev–Trinajstić information content (AvgIpc) is 3.16. The van der Waals surface area contributed by atoms with Crippen molar-refractivity contribution in [2.75, 3.05) is 6.61 Å². The van der Waals surface area contributed by atoms with Crippen LogP contribution in [0.3, 0.4) is 0 Å². The second-order valence-corrected chi connectivity index (χ2v) is 7.56. The van der Waals surface area contributed by atoms with Crippen molar-refractivity contribution >= 4 is 19.2 Å². The highest BCUT2D eigenvalue weighted by molar-refractivity contribution is 6.55. The highest BCUT2D eigenvalue weighted by Crippen LogP contribution is 2.38. The number of rotatable bonds is 5. The number of H-pyrrole nitrogens is 1. The number of nitrogens with zero attached hydrogens (tertiary/aromatic N) is 1. The minimum absolute atomic E-state index is 0.0392. The standard InChI is InChI=1S/C19H23BN2O5/c1-18(2)19(3,4)27-20(26-18)14(11-23)9-12-5-7-13(8-6-12)15-10-16(17(24)25)22-21-15/h5-10,23H,11H2,1-4H3,(H,21,22)(H,24,25). The van der Waals surface area contributed by atoms with Gasteiger partial charge in [-0.1, -0.05) is 30.3 Å². The number of hydrogen-bond donors (Lipinski definition) is 3. The van der Waals surface area contributed by atoms with Crippen LogP contribution in [-0.2, 0) is 9.31 Å². The number of nitrogens with one attached hydrogen (secondary N) is 1. The molecule has 27 heavy (non-hydrogen) atoms. The Hall–Kier alpha value is -2.42. The van der Waals surface area contributed by atoms with Gasteiger partial charge >= 0.3 is 13.1 Å². The Morgan fingerprint density at radius 2 is 1.78 bits per heavy atom. The number of aliphatic hydroxyl groups is 1. The quantitative estimate of drug-likeness (QED) is 0.699. The summed E-state index contributed by atoms with van der Waals surface area (Å²) >= 11 is 0. The molecule has 3 rings (SSSR count). The Labute approximate surface area is 158 Å². The number of aromatic carboxylic acids is 1. The lowest BCUT2D eigenvalue weighted by Crippen LogP contribution is -2.41. The van der Waals surface area contributed by atoms with E-state index < -0.39 is 24.3 Å². The molecule has 1 aliphatic heterocycles. The molecule has 0 saturated carbocycles. The lowest BCUT2D eigenvalue weighted by atomic mass is 9.77. The fourth-order valence-corrected chi connectivity index (χ4v) is 2.73. The molecule has 1 saturated heterocycles. The predicted octanol–water partition coefficient (Wildman–Crippen LogP) is 2.78. The van der Waals surface area contributed by atoms with Crippen molar-refractivity contribution in [1.29, 1.82) is 0 Å². The molecule has 1 aliphatic rings. The number of aromatic amines is 1. The summed E-state index contributed by atoms with van der Waals surface area (Å²) in [5.41, 5.74) is 1.93. The summed E-state index contributed by atoms with van der Waals surface area (Å²) in [6, 6.07) is 8.90. The van der Waals surface area contributed by atoms with Crippen molar-refractivity contribution in [2.45, 2.75) is 38.9 Å². The van der Waals surface area contributed by atoms with Gasteiger partial charge in [-0.05, 0) is 44.8 Å². The number of benzene rings is 1. The molecule has 0 radical (unpaired) electrons. The van der Waals surface area contributed by atoms with E-state index in [2.05, 4.69) is 10.2 Å². The van der Waals surface area contributed by atoms with Crippen molar-refractivity contribution in [2.24, 2.45) is 0 Å². The molecule has 0 bridgehead atoms. The van der Waals surface area contributed by atoms with E-state index >= 15 is 0 Å². The molecule has 0 spiro atoms. The molecule has 0 atom stereocenters. The highest BCUT2D eigenvalue weighted by Gasteiger charge is 2.52. The van der Waals surface area contributed by atoms with Crippen LogP contribution in [0.25, 0.3) is 17.3 Å². The molecule has 0 unspecified atom stereocenters. The first-order chi connectivity index (χ1) is 12.6. The normalized spacial score (nSPS) is 18.7. The molecule has 1 aromatic carbocycles. The minimum Gasteiger partial charge on any atom is -0.477 e. The maximum absolute atomic E-state index is 10.9. The third-order valence-corrected chi connectivity index (χ3v) is 5.11. The average molecular weight is 370 g/mol. The third kappa shape index (κ3) is 3.83. The molecule has 0 amide bonds. The topological polar surface area (TPSA) is 105 Å². The van der Waals surface area contributed by atoms with E-state index in [9.17, 15) is 9.90 Å². The summed E-state index contributed by atoms with van der Waals surface area (Å²) in [4.78, 5) is 10.9. The van der Waals surface area contributed by atoms with E-state index in [4.69, 9.17) is 14.4 Å². The zero-order valence-corrected chi connectivity index (χ0v) is 15.8. The number of carboxylic acid groups (broad SMARTS) is 1. The number of aromatic nitrogens is 2. The van der Waals surface area contributed by atoms with Crippen molar-refractivity contribution in [1.82, 2.24) is 10.2 Å². The van der Waals surface area contributed by atoms with Crippen molar-refractivity contribution < 1.29 is 24.3 Å². The Morgan fingerprint density at radius 1 is 1.19 bits per heavy atom. The summed E-state index contributed by atoms with van der Waals surface area (Å²) in [6.45, 7) is 7.68. The molecule has 3 N–H and O–H groups in total. The van der Waals surface area contributed by atoms with Gasteiger partial charge in [0.05, 0.1) is 23.5 Å². The smallest absolute Gasteiger partial charge is 0.477 e. The fraction of sp³-hybridized carbons (Fsp3) is 0.368. The largest absolute Gasteiger partial charge is 0.492 e. The predicted molar refractivity (Wildman–Crippen MR) is 102 cm³/mol. The van der Waals surface area contributed by atoms with Crippen LogP contribution in [0.5, 0.6) is 0 Å². The molecule has 142 valence electrons. The molecule has 7 nitrogen and oxygen atoms in total. The second kappa shape index (κ2) is 6.96. The van der Waals surface area contributed by atoms with Crippen LogP contribution in [0.1, 0.15) is 43.7 Å². The molecule has 8 heteroatoms. The first-order valence-corrected chi connectivity index (χ1v) is 8.69. The second-order valence-electron chi connectivity index (χ2n) is 7.56. The zero-order chi connectivity index (χ0) is 19.8. The van der Waals surface area contributed by atoms with Crippen molar-refractivity contribution in [3.05, 3.63) is 47.1 Å². The van der Waals surface area contributed by atoms with E-state index in [1.807, 2.05) is 58.0 Å². The Morgan fingerprint density at radius 3 is 2.26 bits per heavy atom. The summed E-state index contributed by atoms with van der Waals surface area (Å²) in [5, 5.41) is 25.2. The molecule has 1 fully saturated rings. The maximum Gasteiger partial charge on any atom is 0.492 e. The van der Waals surface area contributed by atoms with Gasteiger partial charge < -0.3 is 19.5 Å². The Balaban J connectivity index is 1.80. The van der Waals surface area contributed by atoms with Crippen LogP contribution < -0.4 is 0 Å². The molecule has 1 aromatic heterocycles. The minimum atomic E-state index is -1.05. The number of carbonyl (C=O) groups is 1. The summed E-state index contributed by atoms with van der Waals surface area (Å²) < 4.78 is 12.0. The van der Waals surface area contributed by atoms with E-state index in [-0.39, 0.29) is 12.3 Å². The Kier molecular flexibility index (Phi) is 4.99. The van der Waals surface area contributed by atoms with Gasteiger partial charge in [0, 0.05) is 5.56 Å². The third-order valence-electron chi connectivity index (χ3n) is 5.11. The van der Waals surface area contributed by atoms with Gasteiger partial charge in [0.15, 0.2) is 0 Å². The van der Waals surface area contributed by atoms with E-state index in [1.165, 1.54) is 6.07 Å². The molecular formula is C19H23BN2O5. The summed E-state index contributed by atoms with van der Waals surface area (Å²) in [7, 11) is -0.607. The van der Waals surface area contributed by atoms with Gasteiger partial charge in [0.25, 0.3) is 0 Å². The van der Waals surface area contributed by atoms with Gasteiger partial charge in [-0.25, -0.2) is 4.79 Å². The lowest BCUT2D eigenvalue weighted by Gasteiger charge is -2.32. The first-order valence-electron chi connectivity index (χ1n) is 8.69. The van der Waals surface area contributed by atoms with E-state index in [0.29, 0.717) is 11.2 Å². The van der Waals surface area contributed by atoms with E-state index in [0.717, 1.165) is 11.1 Å². The van der Waals surface area contributed by atoms with E-state index in [1.54, 1.807) is 0 Å². The van der Waals surface area contributed by atoms with Crippen LogP contribution >= 0.6 is 0 Å². The van der Waals surface area contributed by atoms with Crippen molar-refractivity contribution in [3.8, 4) is 11.3 Å². The molecular weight excluding hydrogens is 347 g/mol. The van der Waals surface area contributed by atoms with Crippen molar-refractivity contribution in [3.63, 3.8) is 0 Å². The maximum atomic E-state index is 10.9. The van der Waals surface area contributed by atoms with Gasteiger partial charge in [0.2, 0.25) is 0 Å². The van der Waals surface area contributed by atoms with Gasteiger partial charge in [0.1, 0.15) is 5.69 Å². The van der Waals surface area contributed by atoms with Crippen LogP contribution in [0, 0.1) is 0 Å². The monoisotopic (exact) mass is 370 g/mol. The van der Waals surface area contributed by atoms with Crippen LogP contribution in [0.4, 0.5) is 0 Å². The lowest BCUT2D eigenvalue weighted by molar-refractivity contribution is 0.00578. The molecule has 2 heterocycles. The first kappa shape index (κ1) is 19.3. The SMILES string of the molecule is CC1(C)OB(C(=Cc2ccc(-c3cc(C(=O)O)[nH]n3)cc2)CO)OC1(C)C. The van der Waals surface area contributed by atoms with Gasteiger partial charge in [-0.3, -0.25) is 5.10 Å². The number of hydrogen-bond acceptors (Lipinski definition) is 5. The van der Waals surface area contributed by atoms with Crippen LogP contribution in [-0.4, -0.2) is 51.3 Å². The number of aliphatic hydroxyl groups excluding tert-OH is 1. The number of carboxylic acids is 1. The Bertz CT molecular complexity index is 854. The fourth-order valence-electron chi connectivity index (χ4n) is 2.73. The van der Waals surface area contributed by atoms with Crippen LogP contribution in [0.15, 0.2) is 35.8 Å². The molecule has 2 aromatic rings. The van der Waals surface area contributed by atoms with Crippen LogP contribution in [0.2, 0.25) is 0 Å². The van der Waals surface area contributed by atoms with Gasteiger partial charge in [-0.15, -0.1) is 0 Å². The van der Waals surface area contributed by atoms with Gasteiger partial charge in [-0.2, -0.15) is 5.10 Å².